The van der Waals surface area contributed by atoms with Gasteiger partial charge in [0, 0.05) is 57.7 Å². The summed E-state index contributed by atoms with van der Waals surface area (Å²) in [6, 6.07) is 11.9. The van der Waals surface area contributed by atoms with Gasteiger partial charge in [0.25, 0.3) is 0 Å². The van der Waals surface area contributed by atoms with E-state index in [0.29, 0.717) is 17.3 Å². The zero-order chi connectivity index (χ0) is 19.2. The number of nitrogen functional groups attached to an aromatic ring is 1. The van der Waals surface area contributed by atoms with Crippen molar-refractivity contribution in [3.8, 4) is 0 Å². The predicted molar refractivity (Wildman–Crippen MR) is 116 cm³/mol. The van der Waals surface area contributed by atoms with E-state index in [0.717, 1.165) is 35.8 Å². The van der Waals surface area contributed by atoms with E-state index in [1.54, 1.807) is 12.1 Å². The van der Waals surface area contributed by atoms with E-state index in [1.807, 2.05) is 24.3 Å². The Morgan fingerprint density at radius 3 is 2.75 bits per heavy atom. The van der Waals surface area contributed by atoms with Gasteiger partial charge in [0.1, 0.15) is 0 Å². The average molecular weight is 547 g/mol. The van der Waals surface area contributed by atoms with Crippen LogP contribution in [0.4, 0.5) is 28.4 Å². The number of likely N-dealkylation sites (tertiary alicyclic amines) is 1. The Hall–Kier alpha value is -2.17. The van der Waals surface area contributed by atoms with Gasteiger partial charge in [-0.2, -0.15) is 0 Å². The molecule has 1 unspecified atom stereocenters. The number of anilines is 2. The van der Waals surface area contributed by atoms with Gasteiger partial charge in [0.15, 0.2) is 0 Å². The zero-order valence-electron chi connectivity index (χ0n) is 16.2. The van der Waals surface area contributed by atoms with Crippen LogP contribution in [0.2, 0.25) is 0 Å². The number of benzene rings is 2. The number of hydrogen-bond donors (Lipinski definition) is 3. The quantitative estimate of drug-likeness (QED) is 0.327. The molecule has 3 rings (SSSR count). The first-order valence-electron chi connectivity index (χ1n) is 9.31. The standard InChI is InChI=1S/C21H27N6.W/c1-15-4-3-10-27(15)11-9-25-20-8-6-18(13-21(20)24-2)26-17-5-7-19(23)16(12-17)14-22;/h5-8,12-15,22,25H,2-4,9-11,23H2,1H3;/q-1;. The molecule has 148 valence electrons. The van der Waals surface area contributed by atoms with Gasteiger partial charge in [-0.15, -0.1) is 11.4 Å². The SMILES string of the molecule is C=Nc1cc([N-]c2ccc(N)c(C=N)c2)ccc1NCCN1CCCC1C.[W]. The monoisotopic (exact) mass is 547 g/mol. The van der Waals surface area contributed by atoms with Gasteiger partial charge < -0.3 is 21.8 Å². The topological polar surface area (TPSA) is 91.6 Å². The fourth-order valence-electron chi connectivity index (χ4n) is 3.43. The van der Waals surface area contributed by atoms with E-state index in [2.05, 4.69) is 34.2 Å². The first-order valence-corrected chi connectivity index (χ1v) is 9.31. The van der Waals surface area contributed by atoms with Gasteiger partial charge in [-0.3, -0.25) is 9.89 Å². The molecule has 1 heterocycles. The molecule has 1 aliphatic rings. The number of aliphatic imine (C=N–C) groups is 1. The molecule has 0 spiro atoms. The Bertz CT molecular complexity index is 823. The molecule has 0 aromatic heterocycles. The molecular weight excluding hydrogens is 520 g/mol. The molecule has 0 saturated carbocycles. The van der Waals surface area contributed by atoms with E-state index in [1.165, 1.54) is 25.6 Å². The molecule has 0 aliphatic carbocycles. The number of nitrogens with zero attached hydrogens (tertiary/aromatic N) is 3. The van der Waals surface area contributed by atoms with Crippen molar-refractivity contribution in [2.75, 3.05) is 30.7 Å². The summed E-state index contributed by atoms with van der Waals surface area (Å²) in [5, 5.41) is 15.5. The van der Waals surface area contributed by atoms with Crippen LogP contribution in [-0.2, 0) is 21.1 Å². The van der Waals surface area contributed by atoms with Crippen molar-refractivity contribution in [2.45, 2.75) is 25.8 Å². The molecule has 1 aliphatic heterocycles. The molecule has 28 heavy (non-hydrogen) atoms. The second-order valence-electron chi connectivity index (χ2n) is 6.88. The maximum absolute atomic E-state index is 7.41. The summed E-state index contributed by atoms with van der Waals surface area (Å²) in [6.07, 6.45) is 3.82. The molecule has 6 nitrogen and oxygen atoms in total. The van der Waals surface area contributed by atoms with Crippen molar-refractivity contribution >= 4 is 41.4 Å². The van der Waals surface area contributed by atoms with Crippen LogP contribution in [0, 0.1) is 5.41 Å². The van der Waals surface area contributed by atoms with E-state index in [-0.39, 0.29) is 21.1 Å². The van der Waals surface area contributed by atoms with Gasteiger partial charge in [0.05, 0.1) is 11.4 Å². The molecule has 4 N–H and O–H groups in total. The smallest absolute Gasteiger partial charge is 0.0841 e. The van der Waals surface area contributed by atoms with Crippen molar-refractivity contribution < 1.29 is 21.1 Å². The minimum absolute atomic E-state index is 0. The van der Waals surface area contributed by atoms with Crippen molar-refractivity contribution in [3.63, 3.8) is 0 Å². The summed E-state index contributed by atoms with van der Waals surface area (Å²) < 4.78 is 0. The third-order valence-electron chi connectivity index (χ3n) is 5.04. The van der Waals surface area contributed by atoms with Crippen molar-refractivity contribution in [2.24, 2.45) is 4.99 Å². The molecule has 2 aromatic rings. The average Bonchev–Trinajstić information content (AvgIpc) is 3.09. The molecule has 1 fully saturated rings. The summed E-state index contributed by atoms with van der Waals surface area (Å²) in [5.41, 5.74) is 10.4. The number of hydrogen-bond acceptors (Lipinski definition) is 5. The van der Waals surface area contributed by atoms with Crippen LogP contribution >= 0.6 is 0 Å². The Morgan fingerprint density at radius 2 is 2.07 bits per heavy atom. The third kappa shape index (κ3) is 5.43. The second kappa shape index (κ2) is 10.4. The third-order valence-corrected chi connectivity index (χ3v) is 5.04. The first-order chi connectivity index (χ1) is 13.1. The zero-order valence-corrected chi connectivity index (χ0v) is 19.1. The van der Waals surface area contributed by atoms with Crippen LogP contribution in [0.25, 0.3) is 5.32 Å². The molecule has 2 aromatic carbocycles. The first kappa shape index (κ1) is 22.1. The van der Waals surface area contributed by atoms with Crippen LogP contribution in [0.5, 0.6) is 0 Å². The van der Waals surface area contributed by atoms with Gasteiger partial charge in [-0.1, -0.05) is 18.2 Å². The Morgan fingerprint density at radius 1 is 1.32 bits per heavy atom. The number of nitrogens with two attached hydrogens (primary N) is 1. The number of nitrogens with one attached hydrogen (secondary N) is 2. The van der Waals surface area contributed by atoms with Gasteiger partial charge in [-0.05, 0) is 51.2 Å². The molecule has 0 bridgehead atoms. The number of rotatable bonds is 8. The van der Waals surface area contributed by atoms with E-state index < -0.39 is 0 Å². The summed E-state index contributed by atoms with van der Waals surface area (Å²) in [7, 11) is 0. The van der Waals surface area contributed by atoms with Gasteiger partial charge in [-0.25, -0.2) is 0 Å². The van der Waals surface area contributed by atoms with E-state index in [4.69, 9.17) is 11.1 Å². The van der Waals surface area contributed by atoms with Crippen LogP contribution < -0.4 is 11.1 Å². The molecule has 0 radical (unpaired) electrons. The van der Waals surface area contributed by atoms with Crippen molar-refractivity contribution in [1.29, 1.82) is 5.41 Å². The largest absolute Gasteiger partial charge is 0.658 e. The second-order valence-corrected chi connectivity index (χ2v) is 6.88. The van der Waals surface area contributed by atoms with Gasteiger partial charge in [0.2, 0.25) is 0 Å². The molecule has 0 amide bonds. The molecule has 7 heteroatoms. The fraction of sp³-hybridized carbons (Fsp3) is 0.333. The van der Waals surface area contributed by atoms with Crippen LogP contribution in [0.1, 0.15) is 25.3 Å². The minimum Gasteiger partial charge on any atom is -0.658 e. The normalized spacial score (nSPS) is 16.2. The Balaban J connectivity index is 0.00000280. The molecular formula is C21H27N6W-. The Labute approximate surface area is 181 Å². The molecule has 1 saturated heterocycles. The fourth-order valence-corrected chi connectivity index (χ4v) is 3.43. The van der Waals surface area contributed by atoms with Crippen LogP contribution in [0.3, 0.4) is 0 Å². The summed E-state index contributed by atoms with van der Waals surface area (Å²) in [4.78, 5) is 6.66. The summed E-state index contributed by atoms with van der Waals surface area (Å²) in [5.74, 6) is 0. The maximum atomic E-state index is 7.41. The van der Waals surface area contributed by atoms with Gasteiger partial charge >= 0.3 is 0 Å². The van der Waals surface area contributed by atoms with Crippen molar-refractivity contribution in [1.82, 2.24) is 4.90 Å². The summed E-state index contributed by atoms with van der Waals surface area (Å²) in [6.45, 7) is 9.08. The molecule has 1 atom stereocenters. The summed E-state index contributed by atoms with van der Waals surface area (Å²) >= 11 is 0. The maximum Gasteiger partial charge on any atom is 0.0841 e. The van der Waals surface area contributed by atoms with E-state index in [9.17, 15) is 0 Å². The predicted octanol–water partition coefficient (Wildman–Crippen LogP) is 4.83. The van der Waals surface area contributed by atoms with E-state index >= 15 is 0 Å². The van der Waals surface area contributed by atoms with Crippen LogP contribution in [0.15, 0.2) is 41.4 Å². The van der Waals surface area contributed by atoms with Crippen molar-refractivity contribution in [3.05, 3.63) is 47.3 Å². The van der Waals surface area contributed by atoms with Crippen LogP contribution in [-0.4, -0.2) is 43.5 Å². The Kier molecular flexibility index (Phi) is 8.21. The minimum atomic E-state index is 0.